The third kappa shape index (κ3) is 2.00. The Balaban J connectivity index is 2.55. The standard InChI is InChI=1S/C10H12IN3O/c11-6-1-2-9-7(3-6)8(5-13-9)10(4-12)14-15/h1-3,5,10,13-15H,4,12H2. The number of hydroxylamine groups is 1. The van der Waals surface area contributed by atoms with Crippen molar-refractivity contribution < 1.29 is 5.21 Å². The molecule has 15 heavy (non-hydrogen) atoms. The second-order valence-corrected chi connectivity index (χ2v) is 4.60. The topological polar surface area (TPSA) is 74.1 Å². The normalized spacial score (nSPS) is 13.3. The number of aromatic amines is 1. The van der Waals surface area contributed by atoms with E-state index in [-0.39, 0.29) is 6.04 Å². The number of nitrogens with two attached hydrogens (primary N) is 1. The first-order chi connectivity index (χ1) is 7.26. The molecule has 5 N–H and O–H groups in total. The fourth-order valence-electron chi connectivity index (χ4n) is 1.65. The summed E-state index contributed by atoms with van der Waals surface area (Å²) in [7, 11) is 0. The average molecular weight is 317 g/mol. The molecule has 0 saturated carbocycles. The van der Waals surface area contributed by atoms with Gasteiger partial charge in [0.05, 0.1) is 6.04 Å². The van der Waals surface area contributed by atoms with E-state index in [1.807, 2.05) is 18.3 Å². The summed E-state index contributed by atoms with van der Waals surface area (Å²) in [5, 5.41) is 10.1. The van der Waals surface area contributed by atoms with Gasteiger partial charge in [0.1, 0.15) is 0 Å². The van der Waals surface area contributed by atoms with Gasteiger partial charge < -0.3 is 15.9 Å². The summed E-state index contributed by atoms with van der Waals surface area (Å²) < 4.78 is 1.16. The lowest BCUT2D eigenvalue weighted by Gasteiger charge is -2.11. The van der Waals surface area contributed by atoms with Gasteiger partial charge in [0.15, 0.2) is 0 Å². The quantitative estimate of drug-likeness (QED) is 0.515. The molecule has 0 fully saturated rings. The average Bonchev–Trinajstić information content (AvgIpc) is 2.64. The first-order valence-electron chi connectivity index (χ1n) is 4.62. The van der Waals surface area contributed by atoms with E-state index in [9.17, 15) is 0 Å². The Kier molecular flexibility index (Phi) is 3.25. The monoisotopic (exact) mass is 317 g/mol. The molecule has 0 spiro atoms. The number of halogens is 1. The number of rotatable bonds is 3. The highest BCUT2D eigenvalue weighted by Gasteiger charge is 2.13. The summed E-state index contributed by atoms with van der Waals surface area (Å²) in [5.41, 5.74) is 9.83. The Morgan fingerprint density at radius 3 is 3.00 bits per heavy atom. The van der Waals surface area contributed by atoms with Crippen LogP contribution in [-0.4, -0.2) is 16.7 Å². The van der Waals surface area contributed by atoms with Gasteiger partial charge >= 0.3 is 0 Å². The van der Waals surface area contributed by atoms with Gasteiger partial charge in [-0.05, 0) is 46.4 Å². The maximum Gasteiger partial charge on any atom is 0.0712 e. The van der Waals surface area contributed by atoms with Crippen LogP contribution in [0.1, 0.15) is 11.6 Å². The van der Waals surface area contributed by atoms with Crippen LogP contribution in [-0.2, 0) is 0 Å². The van der Waals surface area contributed by atoms with Crippen LogP contribution in [0.3, 0.4) is 0 Å². The van der Waals surface area contributed by atoms with E-state index in [4.69, 9.17) is 10.9 Å². The molecule has 1 atom stereocenters. The van der Waals surface area contributed by atoms with Crippen molar-refractivity contribution in [2.24, 2.45) is 5.73 Å². The molecule has 1 unspecified atom stereocenters. The predicted molar refractivity (Wildman–Crippen MR) is 67.7 cm³/mol. The molecule has 0 aliphatic rings. The molecule has 0 bridgehead atoms. The molecule has 5 heteroatoms. The number of nitrogens with one attached hydrogen (secondary N) is 2. The summed E-state index contributed by atoms with van der Waals surface area (Å²) >= 11 is 2.26. The minimum Gasteiger partial charge on any atom is -0.361 e. The lowest BCUT2D eigenvalue weighted by Crippen LogP contribution is -2.25. The van der Waals surface area contributed by atoms with Crippen LogP contribution in [0.15, 0.2) is 24.4 Å². The molecule has 1 heterocycles. The molecule has 0 amide bonds. The number of hydrogen-bond donors (Lipinski definition) is 4. The molecule has 0 aliphatic carbocycles. The number of hydrogen-bond acceptors (Lipinski definition) is 3. The summed E-state index contributed by atoms with van der Waals surface area (Å²) in [6.45, 7) is 0.356. The molecule has 2 rings (SSSR count). The fourth-order valence-corrected chi connectivity index (χ4v) is 2.14. The highest BCUT2D eigenvalue weighted by atomic mass is 127. The zero-order valence-electron chi connectivity index (χ0n) is 8.00. The molecule has 0 saturated heterocycles. The Labute approximate surface area is 101 Å². The molecule has 0 radical (unpaired) electrons. The summed E-state index contributed by atoms with van der Waals surface area (Å²) in [6.07, 6.45) is 1.88. The zero-order chi connectivity index (χ0) is 10.8. The number of H-pyrrole nitrogens is 1. The van der Waals surface area contributed by atoms with Crippen LogP contribution in [0.2, 0.25) is 0 Å². The lowest BCUT2D eigenvalue weighted by atomic mass is 10.1. The SMILES string of the molecule is NCC(NO)c1c[nH]c2ccc(I)cc12. The van der Waals surface area contributed by atoms with E-state index in [1.54, 1.807) is 0 Å². The van der Waals surface area contributed by atoms with E-state index >= 15 is 0 Å². The number of fused-ring (bicyclic) bond motifs is 1. The maximum atomic E-state index is 8.98. The van der Waals surface area contributed by atoms with E-state index in [0.717, 1.165) is 20.0 Å². The predicted octanol–water partition coefficient (Wildman–Crippen LogP) is 1.75. The van der Waals surface area contributed by atoms with Crippen molar-refractivity contribution in [3.8, 4) is 0 Å². The van der Waals surface area contributed by atoms with Crippen molar-refractivity contribution in [3.63, 3.8) is 0 Å². The highest BCUT2D eigenvalue weighted by molar-refractivity contribution is 14.1. The van der Waals surface area contributed by atoms with Crippen LogP contribution >= 0.6 is 22.6 Å². The largest absolute Gasteiger partial charge is 0.361 e. The first kappa shape index (κ1) is 10.9. The van der Waals surface area contributed by atoms with Gasteiger partial charge in [-0.15, -0.1) is 0 Å². The van der Waals surface area contributed by atoms with Crippen molar-refractivity contribution >= 4 is 33.5 Å². The second kappa shape index (κ2) is 4.48. The second-order valence-electron chi connectivity index (χ2n) is 3.35. The van der Waals surface area contributed by atoms with E-state index in [1.165, 1.54) is 0 Å². The van der Waals surface area contributed by atoms with E-state index in [0.29, 0.717) is 6.54 Å². The van der Waals surface area contributed by atoms with Gasteiger partial charge in [-0.25, -0.2) is 0 Å². The molecular weight excluding hydrogens is 305 g/mol. The van der Waals surface area contributed by atoms with Crippen molar-refractivity contribution in [1.29, 1.82) is 0 Å². The summed E-state index contributed by atoms with van der Waals surface area (Å²) in [6, 6.07) is 5.90. The van der Waals surface area contributed by atoms with Gasteiger partial charge in [0.2, 0.25) is 0 Å². The van der Waals surface area contributed by atoms with Crippen molar-refractivity contribution in [2.45, 2.75) is 6.04 Å². The summed E-state index contributed by atoms with van der Waals surface area (Å²) in [4.78, 5) is 3.15. The third-order valence-corrected chi connectivity index (χ3v) is 3.11. The smallest absolute Gasteiger partial charge is 0.0712 e. The Bertz CT molecular complexity index is 465. The van der Waals surface area contributed by atoms with Crippen LogP contribution in [0.5, 0.6) is 0 Å². The molecule has 0 aliphatic heterocycles. The van der Waals surface area contributed by atoms with Gasteiger partial charge in [-0.3, -0.25) is 0 Å². The van der Waals surface area contributed by atoms with Gasteiger partial charge in [-0.2, -0.15) is 5.48 Å². The van der Waals surface area contributed by atoms with E-state index in [2.05, 4.69) is 39.1 Å². The molecule has 2 aromatic rings. The molecular formula is C10H12IN3O. The molecule has 4 nitrogen and oxygen atoms in total. The van der Waals surface area contributed by atoms with E-state index < -0.39 is 0 Å². The number of aromatic nitrogens is 1. The van der Waals surface area contributed by atoms with Crippen LogP contribution in [0.25, 0.3) is 10.9 Å². The van der Waals surface area contributed by atoms with Gasteiger partial charge in [0.25, 0.3) is 0 Å². The van der Waals surface area contributed by atoms with Crippen LogP contribution in [0, 0.1) is 3.57 Å². The van der Waals surface area contributed by atoms with Gasteiger partial charge in [0, 0.05) is 27.2 Å². The Hall–Kier alpha value is -0.630. The van der Waals surface area contributed by atoms with Crippen molar-refractivity contribution in [2.75, 3.05) is 6.54 Å². The van der Waals surface area contributed by atoms with Gasteiger partial charge in [-0.1, -0.05) is 0 Å². The zero-order valence-corrected chi connectivity index (χ0v) is 10.2. The summed E-state index contributed by atoms with van der Waals surface area (Å²) in [5.74, 6) is 0. The Morgan fingerprint density at radius 2 is 2.33 bits per heavy atom. The fraction of sp³-hybridized carbons (Fsp3) is 0.200. The van der Waals surface area contributed by atoms with Crippen molar-refractivity contribution in [3.05, 3.63) is 33.5 Å². The third-order valence-electron chi connectivity index (χ3n) is 2.44. The highest BCUT2D eigenvalue weighted by Crippen LogP contribution is 2.25. The Morgan fingerprint density at radius 1 is 1.53 bits per heavy atom. The maximum absolute atomic E-state index is 8.98. The van der Waals surface area contributed by atoms with Crippen LogP contribution < -0.4 is 11.2 Å². The minimum atomic E-state index is -0.225. The first-order valence-corrected chi connectivity index (χ1v) is 5.70. The number of benzene rings is 1. The lowest BCUT2D eigenvalue weighted by molar-refractivity contribution is 0.129. The van der Waals surface area contributed by atoms with Crippen molar-refractivity contribution in [1.82, 2.24) is 10.5 Å². The molecule has 1 aromatic heterocycles. The molecule has 1 aromatic carbocycles. The minimum absolute atomic E-state index is 0.225. The van der Waals surface area contributed by atoms with Crippen LogP contribution in [0.4, 0.5) is 0 Å². The molecule has 80 valence electrons.